The van der Waals surface area contributed by atoms with Gasteiger partial charge in [-0.15, -0.1) is 0 Å². The molecule has 0 saturated heterocycles. The number of nitrogens with zero attached hydrogens (tertiary/aromatic N) is 2. The van der Waals surface area contributed by atoms with Crippen molar-refractivity contribution in [3.05, 3.63) is 63.9 Å². The van der Waals surface area contributed by atoms with Crippen LogP contribution in [0.2, 0.25) is 10.0 Å². The van der Waals surface area contributed by atoms with Gasteiger partial charge in [0.25, 0.3) is 0 Å². The van der Waals surface area contributed by atoms with E-state index in [1.165, 1.54) is 0 Å². The fourth-order valence-corrected chi connectivity index (χ4v) is 1.98. The third-order valence-corrected chi connectivity index (χ3v) is 3.52. The van der Waals surface area contributed by atoms with E-state index in [-0.39, 0.29) is 12.3 Å². The number of hydrogen-bond donors (Lipinski definition) is 1. The maximum Gasteiger partial charge on any atom is 0.244 e. The fraction of sp³-hybridized carbons (Fsp3) is 0.133. The standard InChI is InChI=1S/C15H13Cl2N3O/c1-10(12-3-2-6-18-9-12)19-20-15(21)8-11-4-5-13(16)14(17)7-11/h2-7,9H,8H2,1H3,(H,20,21)/b19-10-. The Morgan fingerprint density at radius 1 is 1.29 bits per heavy atom. The fourth-order valence-electron chi connectivity index (χ4n) is 1.66. The highest BCUT2D eigenvalue weighted by molar-refractivity contribution is 6.42. The van der Waals surface area contributed by atoms with Gasteiger partial charge in [-0.2, -0.15) is 5.10 Å². The minimum atomic E-state index is -0.225. The third-order valence-electron chi connectivity index (χ3n) is 2.78. The summed E-state index contributed by atoms with van der Waals surface area (Å²) in [6, 6.07) is 8.77. The van der Waals surface area contributed by atoms with E-state index in [2.05, 4.69) is 15.5 Å². The number of aromatic nitrogens is 1. The summed E-state index contributed by atoms with van der Waals surface area (Å²) in [7, 11) is 0. The molecule has 1 aromatic carbocycles. The number of carbonyl (C=O) groups is 1. The normalized spacial score (nSPS) is 11.3. The molecule has 2 aromatic rings. The minimum Gasteiger partial charge on any atom is -0.273 e. The van der Waals surface area contributed by atoms with Gasteiger partial charge in [0.15, 0.2) is 0 Å². The molecule has 0 radical (unpaired) electrons. The number of hydrazone groups is 1. The third kappa shape index (κ3) is 4.55. The van der Waals surface area contributed by atoms with Gasteiger partial charge in [0.2, 0.25) is 5.91 Å². The van der Waals surface area contributed by atoms with E-state index in [9.17, 15) is 4.79 Å². The maximum atomic E-state index is 11.8. The summed E-state index contributed by atoms with van der Waals surface area (Å²) in [5.41, 5.74) is 4.82. The monoisotopic (exact) mass is 321 g/mol. The molecule has 0 aliphatic rings. The highest BCUT2D eigenvalue weighted by atomic mass is 35.5. The molecule has 0 unspecified atom stereocenters. The molecule has 1 amide bonds. The topological polar surface area (TPSA) is 54.4 Å². The first-order chi connectivity index (χ1) is 10.1. The van der Waals surface area contributed by atoms with Crippen molar-refractivity contribution < 1.29 is 4.79 Å². The van der Waals surface area contributed by atoms with Crippen LogP contribution < -0.4 is 5.43 Å². The van der Waals surface area contributed by atoms with Crippen LogP contribution in [0.1, 0.15) is 18.1 Å². The second-order valence-electron chi connectivity index (χ2n) is 4.40. The summed E-state index contributed by atoms with van der Waals surface area (Å²) in [6.07, 6.45) is 3.55. The SMILES string of the molecule is C/C(=N/NC(=O)Cc1ccc(Cl)c(Cl)c1)c1cccnc1. The van der Waals surface area contributed by atoms with Crippen LogP contribution >= 0.6 is 23.2 Å². The second-order valence-corrected chi connectivity index (χ2v) is 5.21. The average molecular weight is 322 g/mol. The Labute approximate surface area is 132 Å². The lowest BCUT2D eigenvalue weighted by atomic mass is 10.1. The zero-order valence-electron chi connectivity index (χ0n) is 11.3. The number of halogens is 2. The van der Waals surface area contributed by atoms with Gasteiger partial charge in [-0.05, 0) is 30.7 Å². The molecule has 6 heteroatoms. The molecule has 0 bridgehead atoms. The lowest BCUT2D eigenvalue weighted by Gasteiger charge is -2.04. The number of carbonyl (C=O) groups excluding carboxylic acids is 1. The molecule has 0 fully saturated rings. The molecule has 2 rings (SSSR count). The lowest BCUT2D eigenvalue weighted by molar-refractivity contribution is -0.120. The van der Waals surface area contributed by atoms with Crippen molar-refractivity contribution in [2.75, 3.05) is 0 Å². The van der Waals surface area contributed by atoms with Gasteiger partial charge >= 0.3 is 0 Å². The number of benzene rings is 1. The van der Waals surface area contributed by atoms with Crippen molar-refractivity contribution >= 4 is 34.8 Å². The van der Waals surface area contributed by atoms with Gasteiger partial charge in [0.05, 0.1) is 22.2 Å². The zero-order valence-corrected chi connectivity index (χ0v) is 12.8. The van der Waals surface area contributed by atoms with E-state index in [0.29, 0.717) is 15.8 Å². The average Bonchev–Trinajstić information content (AvgIpc) is 2.49. The van der Waals surface area contributed by atoms with Crippen LogP contribution in [0, 0.1) is 0 Å². The Kier molecular flexibility index (Phi) is 5.31. The van der Waals surface area contributed by atoms with E-state index in [1.54, 1.807) is 37.5 Å². The molecule has 21 heavy (non-hydrogen) atoms. The predicted octanol–water partition coefficient (Wildman–Crippen LogP) is 3.47. The Balaban J connectivity index is 1.97. The van der Waals surface area contributed by atoms with Gasteiger partial charge in [-0.3, -0.25) is 9.78 Å². The highest BCUT2D eigenvalue weighted by Crippen LogP contribution is 2.22. The van der Waals surface area contributed by atoms with E-state index < -0.39 is 0 Å². The van der Waals surface area contributed by atoms with Crippen molar-refractivity contribution in [3.8, 4) is 0 Å². The van der Waals surface area contributed by atoms with Crippen molar-refractivity contribution in [2.24, 2.45) is 5.10 Å². The van der Waals surface area contributed by atoms with Crippen LogP contribution in [0.3, 0.4) is 0 Å². The van der Waals surface area contributed by atoms with E-state index in [0.717, 1.165) is 11.1 Å². The first-order valence-corrected chi connectivity index (χ1v) is 6.99. The van der Waals surface area contributed by atoms with Crippen LogP contribution in [-0.4, -0.2) is 16.6 Å². The van der Waals surface area contributed by atoms with Gasteiger partial charge in [-0.1, -0.05) is 35.3 Å². The lowest BCUT2D eigenvalue weighted by Crippen LogP contribution is -2.21. The Bertz CT molecular complexity index is 672. The molecule has 0 atom stereocenters. The molecule has 0 aliphatic carbocycles. The van der Waals surface area contributed by atoms with Gasteiger partial charge in [0, 0.05) is 18.0 Å². The Morgan fingerprint density at radius 2 is 2.10 bits per heavy atom. The first kappa shape index (κ1) is 15.5. The van der Waals surface area contributed by atoms with Crippen LogP contribution in [-0.2, 0) is 11.2 Å². The number of amides is 1. The van der Waals surface area contributed by atoms with Crippen molar-refractivity contribution in [2.45, 2.75) is 13.3 Å². The molecule has 0 aliphatic heterocycles. The quantitative estimate of drug-likeness (QED) is 0.692. The van der Waals surface area contributed by atoms with Gasteiger partial charge in [0.1, 0.15) is 0 Å². The van der Waals surface area contributed by atoms with Crippen LogP contribution in [0.15, 0.2) is 47.8 Å². The van der Waals surface area contributed by atoms with Gasteiger partial charge < -0.3 is 0 Å². The molecule has 1 aromatic heterocycles. The Morgan fingerprint density at radius 3 is 2.76 bits per heavy atom. The minimum absolute atomic E-state index is 0.181. The largest absolute Gasteiger partial charge is 0.273 e. The number of pyridine rings is 1. The van der Waals surface area contributed by atoms with E-state index in [1.807, 2.05) is 12.1 Å². The van der Waals surface area contributed by atoms with E-state index >= 15 is 0 Å². The molecule has 1 N–H and O–H groups in total. The summed E-state index contributed by atoms with van der Waals surface area (Å²) in [6.45, 7) is 1.80. The smallest absolute Gasteiger partial charge is 0.244 e. The number of rotatable bonds is 4. The summed E-state index contributed by atoms with van der Waals surface area (Å²) in [5.74, 6) is -0.225. The first-order valence-electron chi connectivity index (χ1n) is 6.23. The number of hydrogen-bond acceptors (Lipinski definition) is 3. The summed E-state index contributed by atoms with van der Waals surface area (Å²) in [4.78, 5) is 15.8. The van der Waals surface area contributed by atoms with Crippen LogP contribution in [0.25, 0.3) is 0 Å². The molecular formula is C15H13Cl2N3O. The predicted molar refractivity (Wildman–Crippen MR) is 84.8 cm³/mol. The molecular weight excluding hydrogens is 309 g/mol. The molecule has 0 spiro atoms. The summed E-state index contributed by atoms with van der Waals surface area (Å²) < 4.78 is 0. The summed E-state index contributed by atoms with van der Waals surface area (Å²) in [5, 5.41) is 4.94. The van der Waals surface area contributed by atoms with E-state index in [4.69, 9.17) is 23.2 Å². The van der Waals surface area contributed by atoms with Crippen molar-refractivity contribution in [1.82, 2.24) is 10.4 Å². The molecule has 1 heterocycles. The summed E-state index contributed by atoms with van der Waals surface area (Å²) >= 11 is 11.7. The molecule has 0 saturated carbocycles. The van der Waals surface area contributed by atoms with Crippen LogP contribution in [0.4, 0.5) is 0 Å². The highest BCUT2D eigenvalue weighted by Gasteiger charge is 2.05. The van der Waals surface area contributed by atoms with Crippen LogP contribution in [0.5, 0.6) is 0 Å². The zero-order chi connectivity index (χ0) is 15.2. The number of nitrogens with one attached hydrogen (secondary N) is 1. The molecule has 4 nitrogen and oxygen atoms in total. The Hall–Kier alpha value is -1.91. The molecule has 108 valence electrons. The maximum absolute atomic E-state index is 11.8. The van der Waals surface area contributed by atoms with Gasteiger partial charge in [-0.25, -0.2) is 5.43 Å². The van der Waals surface area contributed by atoms with Crippen molar-refractivity contribution in [1.29, 1.82) is 0 Å². The second kappa shape index (κ2) is 7.20. The van der Waals surface area contributed by atoms with Crippen molar-refractivity contribution in [3.63, 3.8) is 0 Å².